The van der Waals surface area contributed by atoms with Gasteiger partial charge in [-0.2, -0.15) is 0 Å². The molecule has 0 atom stereocenters. The van der Waals surface area contributed by atoms with Crippen molar-refractivity contribution in [1.82, 2.24) is 25.1 Å². The van der Waals surface area contributed by atoms with Crippen LogP contribution in [0, 0.1) is 0 Å². The van der Waals surface area contributed by atoms with Crippen LogP contribution in [0.25, 0.3) is 0 Å². The molecule has 7 heteroatoms. The van der Waals surface area contributed by atoms with Gasteiger partial charge in [-0.05, 0) is 35.3 Å². The molecule has 1 aliphatic carbocycles. The summed E-state index contributed by atoms with van der Waals surface area (Å²) >= 11 is 1.66. The highest BCUT2D eigenvalue weighted by Gasteiger charge is 2.20. The van der Waals surface area contributed by atoms with Crippen LogP contribution in [0.4, 0.5) is 0 Å². The molecule has 0 N–H and O–H groups in total. The molecule has 2 aromatic rings. The molecule has 0 saturated heterocycles. The third kappa shape index (κ3) is 5.30. The van der Waals surface area contributed by atoms with Gasteiger partial charge in [-0.15, -0.1) is 5.10 Å². The molecule has 0 bridgehead atoms. The standard InChI is InChI=1S/C19H27N5OS/c1-23(15-16-9-4-2-5-10-16)18(25)13-8-14-26-19-20-21-22-24(19)17-11-6-3-7-12-17/h2,4-5,9-10,17H,3,6-8,11-15H2,1H3. The van der Waals surface area contributed by atoms with Crippen LogP contribution in [-0.4, -0.2) is 43.8 Å². The van der Waals surface area contributed by atoms with Crippen molar-refractivity contribution in [3.63, 3.8) is 0 Å². The first-order valence-corrected chi connectivity index (χ1v) is 10.4. The van der Waals surface area contributed by atoms with E-state index < -0.39 is 0 Å². The van der Waals surface area contributed by atoms with Crippen LogP contribution in [0.3, 0.4) is 0 Å². The fourth-order valence-electron chi connectivity index (χ4n) is 3.36. The third-order valence-corrected chi connectivity index (χ3v) is 5.86. The average molecular weight is 374 g/mol. The number of carbonyl (C=O) groups excluding carboxylic acids is 1. The molecule has 1 saturated carbocycles. The molecule has 1 heterocycles. The zero-order valence-electron chi connectivity index (χ0n) is 15.4. The summed E-state index contributed by atoms with van der Waals surface area (Å²) in [4.78, 5) is 14.1. The number of nitrogens with zero attached hydrogens (tertiary/aromatic N) is 5. The van der Waals surface area contributed by atoms with E-state index >= 15 is 0 Å². The molecule has 26 heavy (non-hydrogen) atoms. The van der Waals surface area contributed by atoms with Crippen molar-refractivity contribution < 1.29 is 4.79 Å². The Balaban J connectivity index is 1.40. The number of amides is 1. The SMILES string of the molecule is CN(Cc1ccccc1)C(=O)CCCSc1nnnn1C1CCCCC1. The molecule has 0 unspecified atom stereocenters. The zero-order valence-corrected chi connectivity index (χ0v) is 16.2. The minimum atomic E-state index is 0.182. The van der Waals surface area contributed by atoms with Crippen molar-refractivity contribution in [2.24, 2.45) is 0 Å². The van der Waals surface area contributed by atoms with Crippen LogP contribution >= 0.6 is 11.8 Å². The second kappa shape index (κ2) is 9.71. The summed E-state index contributed by atoms with van der Waals surface area (Å²) in [5.41, 5.74) is 1.16. The largest absolute Gasteiger partial charge is 0.341 e. The summed E-state index contributed by atoms with van der Waals surface area (Å²) in [6.45, 7) is 0.659. The maximum absolute atomic E-state index is 12.3. The number of benzene rings is 1. The van der Waals surface area contributed by atoms with E-state index in [0.29, 0.717) is 19.0 Å². The summed E-state index contributed by atoms with van der Waals surface area (Å²) in [6.07, 6.45) is 7.57. The first-order chi connectivity index (χ1) is 12.7. The Morgan fingerprint density at radius 1 is 1.23 bits per heavy atom. The van der Waals surface area contributed by atoms with Gasteiger partial charge in [0.05, 0.1) is 6.04 Å². The quantitative estimate of drug-likeness (QED) is 0.521. The van der Waals surface area contributed by atoms with Gasteiger partial charge in [0.15, 0.2) is 0 Å². The number of tetrazole rings is 1. The van der Waals surface area contributed by atoms with Crippen molar-refractivity contribution >= 4 is 17.7 Å². The van der Waals surface area contributed by atoms with Crippen molar-refractivity contribution in [1.29, 1.82) is 0 Å². The van der Waals surface area contributed by atoms with Crippen molar-refractivity contribution in [3.8, 4) is 0 Å². The molecule has 1 aromatic heterocycles. The van der Waals surface area contributed by atoms with Gasteiger partial charge in [-0.1, -0.05) is 61.4 Å². The summed E-state index contributed by atoms with van der Waals surface area (Å²) < 4.78 is 1.99. The van der Waals surface area contributed by atoms with Gasteiger partial charge in [-0.3, -0.25) is 4.79 Å². The lowest BCUT2D eigenvalue weighted by Crippen LogP contribution is -2.25. The Morgan fingerprint density at radius 2 is 2.00 bits per heavy atom. The van der Waals surface area contributed by atoms with Gasteiger partial charge >= 0.3 is 0 Å². The van der Waals surface area contributed by atoms with E-state index in [9.17, 15) is 4.79 Å². The van der Waals surface area contributed by atoms with E-state index in [1.165, 1.54) is 32.1 Å². The highest BCUT2D eigenvalue weighted by Crippen LogP contribution is 2.30. The van der Waals surface area contributed by atoms with Crippen molar-refractivity contribution in [3.05, 3.63) is 35.9 Å². The highest BCUT2D eigenvalue weighted by molar-refractivity contribution is 7.99. The Morgan fingerprint density at radius 3 is 2.77 bits per heavy atom. The normalized spacial score (nSPS) is 15.1. The number of carbonyl (C=O) groups is 1. The van der Waals surface area contributed by atoms with E-state index in [1.807, 2.05) is 42.1 Å². The van der Waals surface area contributed by atoms with Gasteiger partial charge in [0, 0.05) is 25.8 Å². The van der Waals surface area contributed by atoms with Crippen LogP contribution in [-0.2, 0) is 11.3 Å². The fourth-order valence-corrected chi connectivity index (χ4v) is 4.24. The number of rotatable bonds is 8. The monoisotopic (exact) mass is 373 g/mol. The predicted molar refractivity (Wildman–Crippen MR) is 103 cm³/mol. The maximum atomic E-state index is 12.3. The number of thioether (sulfide) groups is 1. The molecule has 6 nitrogen and oxygen atoms in total. The Bertz CT molecular complexity index is 684. The highest BCUT2D eigenvalue weighted by atomic mass is 32.2. The lowest BCUT2D eigenvalue weighted by Gasteiger charge is -2.22. The maximum Gasteiger partial charge on any atom is 0.222 e. The van der Waals surface area contributed by atoms with Gasteiger partial charge in [-0.25, -0.2) is 4.68 Å². The lowest BCUT2D eigenvalue weighted by molar-refractivity contribution is -0.130. The molecular formula is C19H27N5OS. The lowest BCUT2D eigenvalue weighted by atomic mass is 9.96. The smallest absolute Gasteiger partial charge is 0.222 e. The van der Waals surface area contributed by atoms with Gasteiger partial charge in [0.1, 0.15) is 0 Å². The van der Waals surface area contributed by atoms with Crippen LogP contribution in [0.2, 0.25) is 0 Å². The summed E-state index contributed by atoms with van der Waals surface area (Å²) in [5, 5.41) is 13.1. The van der Waals surface area contributed by atoms with E-state index in [1.54, 1.807) is 16.7 Å². The summed E-state index contributed by atoms with van der Waals surface area (Å²) in [6, 6.07) is 10.5. The van der Waals surface area contributed by atoms with Crippen molar-refractivity contribution in [2.45, 2.75) is 62.7 Å². The second-order valence-electron chi connectivity index (χ2n) is 6.89. The molecule has 140 valence electrons. The predicted octanol–water partition coefficient (Wildman–Crippen LogP) is 3.71. The average Bonchev–Trinajstić information content (AvgIpc) is 3.15. The summed E-state index contributed by atoms with van der Waals surface area (Å²) in [5.74, 6) is 1.04. The molecule has 3 rings (SSSR count). The number of aromatic nitrogens is 4. The van der Waals surface area contributed by atoms with Crippen LogP contribution < -0.4 is 0 Å². The second-order valence-corrected chi connectivity index (χ2v) is 7.95. The van der Waals surface area contributed by atoms with Crippen LogP contribution in [0.5, 0.6) is 0 Å². The van der Waals surface area contributed by atoms with Gasteiger partial charge in [0.2, 0.25) is 11.1 Å². The first kappa shape index (κ1) is 18.9. The minimum Gasteiger partial charge on any atom is -0.341 e. The molecule has 1 aromatic carbocycles. The number of hydrogen-bond donors (Lipinski definition) is 0. The first-order valence-electron chi connectivity index (χ1n) is 9.42. The van der Waals surface area contributed by atoms with Gasteiger partial charge < -0.3 is 4.90 Å². The molecular weight excluding hydrogens is 346 g/mol. The van der Waals surface area contributed by atoms with Crippen molar-refractivity contribution in [2.75, 3.05) is 12.8 Å². The number of hydrogen-bond acceptors (Lipinski definition) is 5. The van der Waals surface area contributed by atoms with Crippen LogP contribution in [0.15, 0.2) is 35.5 Å². The molecule has 0 radical (unpaired) electrons. The molecule has 0 spiro atoms. The molecule has 1 fully saturated rings. The third-order valence-electron chi connectivity index (χ3n) is 4.84. The minimum absolute atomic E-state index is 0.182. The van der Waals surface area contributed by atoms with Crippen LogP contribution in [0.1, 0.15) is 56.6 Å². The van der Waals surface area contributed by atoms with E-state index in [2.05, 4.69) is 15.5 Å². The Kier molecular flexibility index (Phi) is 7.05. The molecule has 0 aliphatic heterocycles. The zero-order chi connectivity index (χ0) is 18.2. The van der Waals surface area contributed by atoms with E-state index in [0.717, 1.165) is 22.9 Å². The fraction of sp³-hybridized carbons (Fsp3) is 0.579. The molecule has 1 aliphatic rings. The van der Waals surface area contributed by atoms with Gasteiger partial charge in [0.25, 0.3) is 0 Å². The van der Waals surface area contributed by atoms with E-state index in [4.69, 9.17) is 0 Å². The molecule has 1 amide bonds. The Labute approximate surface area is 159 Å². The van der Waals surface area contributed by atoms with E-state index in [-0.39, 0.29) is 5.91 Å². The summed E-state index contributed by atoms with van der Waals surface area (Å²) in [7, 11) is 1.87. The topological polar surface area (TPSA) is 63.9 Å². The Hall–Kier alpha value is -1.89.